The van der Waals surface area contributed by atoms with Crippen LogP contribution in [0, 0.1) is 27.7 Å². The highest BCUT2D eigenvalue weighted by Crippen LogP contribution is 2.55. The predicted molar refractivity (Wildman–Crippen MR) is 178 cm³/mol. The summed E-state index contributed by atoms with van der Waals surface area (Å²) in [5.41, 5.74) is 11.6. The van der Waals surface area contributed by atoms with Gasteiger partial charge in [-0.1, -0.05) is 12.1 Å². The van der Waals surface area contributed by atoms with Gasteiger partial charge < -0.3 is 8.85 Å². The van der Waals surface area contributed by atoms with Crippen LogP contribution < -0.4 is 18.0 Å². The Balaban J connectivity index is 1.38. The number of hydrogen-bond donors (Lipinski definition) is 0. The van der Waals surface area contributed by atoms with E-state index in [4.69, 9.17) is 13.8 Å². The maximum absolute atomic E-state index is 7.17. The number of benzene rings is 2. The van der Waals surface area contributed by atoms with Gasteiger partial charge in [0, 0.05) is 36.0 Å². The number of fused-ring (bicyclic) bond motifs is 2. The first kappa shape index (κ1) is 27.0. The van der Waals surface area contributed by atoms with E-state index < -0.39 is 8.88 Å². The molecular formula is C36H30N6O2Si. The molecule has 6 aromatic rings. The Bertz CT molecular complexity index is 1940. The van der Waals surface area contributed by atoms with E-state index in [1.54, 1.807) is 12.4 Å². The first-order valence-electron chi connectivity index (χ1n) is 14.9. The maximum atomic E-state index is 7.17. The third-order valence-corrected chi connectivity index (χ3v) is 11.7. The van der Waals surface area contributed by atoms with Gasteiger partial charge in [0.15, 0.2) is 0 Å². The zero-order valence-electron chi connectivity index (χ0n) is 25.4. The summed E-state index contributed by atoms with van der Waals surface area (Å²) in [6.07, 6.45) is 9.12. The van der Waals surface area contributed by atoms with Gasteiger partial charge in [0.1, 0.15) is 11.5 Å². The minimum Gasteiger partial charge on any atom is -0.478 e. The molecule has 2 aliphatic heterocycles. The normalized spacial score (nSPS) is 16.4. The minimum atomic E-state index is -3.60. The molecule has 1 unspecified atom stereocenters. The molecule has 0 N–H and O–H groups in total. The monoisotopic (exact) mass is 606 g/mol. The molecule has 0 bridgehead atoms. The lowest BCUT2D eigenvalue weighted by atomic mass is 10.1. The highest BCUT2D eigenvalue weighted by Gasteiger charge is 2.68. The zero-order chi connectivity index (χ0) is 30.7. The first-order chi connectivity index (χ1) is 21.9. The molecule has 2 aliphatic rings. The molecule has 9 heteroatoms. The smallest absolute Gasteiger partial charge is 0.478 e. The quantitative estimate of drug-likeness (QED) is 0.187. The van der Waals surface area contributed by atoms with Gasteiger partial charge in [0.05, 0.1) is 40.3 Å². The predicted octanol–water partition coefficient (Wildman–Crippen LogP) is 8.03. The molecule has 1 spiro atoms. The lowest BCUT2D eigenvalue weighted by Gasteiger charge is -2.35. The van der Waals surface area contributed by atoms with Crippen molar-refractivity contribution in [3.05, 3.63) is 132 Å². The maximum Gasteiger partial charge on any atom is 0.734 e. The summed E-state index contributed by atoms with van der Waals surface area (Å²) in [4.78, 5) is 18.5. The van der Waals surface area contributed by atoms with Crippen molar-refractivity contribution in [3.8, 4) is 34.1 Å². The summed E-state index contributed by atoms with van der Waals surface area (Å²) in [5.74, 6) is 1.55. The molecule has 2 aromatic carbocycles. The van der Waals surface area contributed by atoms with Crippen LogP contribution in [0.25, 0.3) is 22.6 Å². The molecule has 0 fully saturated rings. The van der Waals surface area contributed by atoms with Crippen LogP contribution in [0.4, 0.5) is 22.7 Å². The number of rotatable bonds is 4. The van der Waals surface area contributed by atoms with E-state index in [9.17, 15) is 0 Å². The van der Waals surface area contributed by atoms with Gasteiger partial charge in [0.2, 0.25) is 0 Å². The van der Waals surface area contributed by atoms with Gasteiger partial charge in [0.25, 0.3) is 0 Å². The summed E-state index contributed by atoms with van der Waals surface area (Å²) in [5, 5.41) is 0. The van der Waals surface area contributed by atoms with E-state index in [0.717, 1.165) is 73.6 Å². The molecule has 1 atom stereocenters. The molecule has 220 valence electrons. The van der Waals surface area contributed by atoms with Crippen LogP contribution in [0.2, 0.25) is 0 Å². The van der Waals surface area contributed by atoms with E-state index in [1.807, 2.05) is 61.1 Å². The van der Waals surface area contributed by atoms with Crippen molar-refractivity contribution in [2.75, 3.05) is 9.13 Å². The highest BCUT2D eigenvalue weighted by atomic mass is 28.4. The van der Waals surface area contributed by atoms with E-state index in [2.05, 4.69) is 88.2 Å². The van der Waals surface area contributed by atoms with Crippen LogP contribution in [0.5, 0.6) is 11.5 Å². The largest absolute Gasteiger partial charge is 0.734 e. The van der Waals surface area contributed by atoms with Crippen LogP contribution >= 0.6 is 0 Å². The average molecular weight is 607 g/mol. The zero-order valence-corrected chi connectivity index (χ0v) is 26.4. The second-order valence-corrected chi connectivity index (χ2v) is 13.9. The summed E-state index contributed by atoms with van der Waals surface area (Å²) in [7, 11) is -3.60. The van der Waals surface area contributed by atoms with E-state index in [1.165, 1.54) is 5.56 Å². The van der Waals surface area contributed by atoms with Crippen molar-refractivity contribution in [3.63, 3.8) is 0 Å². The van der Waals surface area contributed by atoms with Gasteiger partial charge in [-0.3, -0.25) is 29.1 Å². The molecule has 0 saturated heterocycles. The fourth-order valence-electron chi connectivity index (χ4n) is 6.00. The third kappa shape index (κ3) is 4.35. The van der Waals surface area contributed by atoms with Crippen molar-refractivity contribution in [1.29, 1.82) is 0 Å². The topological polar surface area (TPSA) is 76.5 Å². The van der Waals surface area contributed by atoms with Gasteiger partial charge in [-0.15, -0.1) is 0 Å². The van der Waals surface area contributed by atoms with Crippen molar-refractivity contribution in [2.24, 2.45) is 0 Å². The first-order valence-corrected chi connectivity index (χ1v) is 16.6. The standard InChI is InChI=1S/C36H30N6O2Si/c1-23-15-33-35(17-25(23)3)43-45(41(33)28-11-14-40-32(20-28)31-10-6-8-13-39-31)42(34-16-24(2)26(4)18-36(34)44-45)29-19-27(21-37-22-29)30-9-5-7-12-38-30/h5-22H,1-4H3. The van der Waals surface area contributed by atoms with Crippen LogP contribution in [0.1, 0.15) is 22.3 Å². The SMILES string of the molecule is Cc1cc2c(cc1C)N(c1cncc(-c3ccccn3)c1)[Si]1(O2)Oc2cc(C)c(C)cc2N1c1ccnc(-c2ccccn2)c1. The van der Waals surface area contributed by atoms with Crippen LogP contribution in [-0.4, -0.2) is 28.8 Å². The Morgan fingerprint density at radius 1 is 0.533 bits per heavy atom. The Hall–Kier alpha value is -5.54. The van der Waals surface area contributed by atoms with Gasteiger partial charge in [-0.25, -0.2) is 0 Å². The summed E-state index contributed by atoms with van der Waals surface area (Å²) in [6.45, 7) is 8.47. The molecule has 0 amide bonds. The lowest BCUT2D eigenvalue weighted by molar-refractivity contribution is 0.413. The number of anilines is 4. The van der Waals surface area contributed by atoms with Crippen LogP contribution in [0.15, 0.2) is 110 Å². The van der Waals surface area contributed by atoms with Gasteiger partial charge >= 0.3 is 8.88 Å². The molecule has 6 heterocycles. The summed E-state index contributed by atoms with van der Waals surface area (Å²) >= 11 is 0. The Morgan fingerprint density at radius 3 is 1.73 bits per heavy atom. The molecular weight excluding hydrogens is 577 g/mol. The molecule has 0 radical (unpaired) electrons. The third-order valence-electron chi connectivity index (χ3n) is 8.56. The highest BCUT2D eigenvalue weighted by molar-refractivity contribution is 6.81. The Kier molecular flexibility index (Phi) is 6.17. The molecule has 45 heavy (non-hydrogen) atoms. The number of pyridine rings is 4. The molecule has 0 saturated carbocycles. The summed E-state index contributed by atoms with van der Waals surface area (Å²) in [6, 6.07) is 26.5. The number of hydrogen-bond acceptors (Lipinski definition) is 8. The van der Waals surface area contributed by atoms with Crippen molar-refractivity contribution >= 4 is 31.6 Å². The van der Waals surface area contributed by atoms with E-state index in [0.29, 0.717) is 0 Å². The second-order valence-electron chi connectivity index (χ2n) is 11.5. The van der Waals surface area contributed by atoms with E-state index in [-0.39, 0.29) is 0 Å². The number of aryl methyl sites for hydroxylation is 4. The fraction of sp³-hybridized carbons (Fsp3) is 0.111. The van der Waals surface area contributed by atoms with Crippen molar-refractivity contribution in [2.45, 2.75) is 27.7 Å². The van der Waals surface area contributed by atoms with Gasteiger partial charge in [-0.2, -0.15) is 0 Å². The molecule has 4 aromatic heterocycles. The van der Waals surface area contributed by atoms with Crippen molar-refractivity contribution < 1.29 is 8.85 Å². The summed E-state index contributed by atoms with van der Waals surface area (Å²) < 4.78 is 18.8. The fourth-order valence-corrected chi connectivity index (χ4v) is 9.38. The molecule has 8 nitrogen and oxygen atoms in total. The van der Waals surface area contributed by atoms with Crippen LogP contribution in [-0.2, 0) is 0 Å². The average Bonchev–Trinajstić information content (AvgIpc) is 3.54. The minimum absolute atomic E-state index is 0.766. The van der Waals surface area contributed by atoms with Crippen molar-refractivity contribution in [1.82, 2.24) is 19.9 Å². The number of nitrogens with zero attached hydrogens (tertiary/aromatic N) is 6. The van der Waals surface area contributed by atoms with E-state index >= 15 is 0 Å². The lowest BCUT2D eigenvalue weighted by Crippen LogP contribution is -2.67. The number of aromatic nitrogens is 4. The molecule has 8 rings (SSSR count). The Morgan fingerprint density at radius 2 is 1.11 bits per heavy atom. The van der Waals surface area contributed by atoms with Gasteiger partial charge in [-0.05, 0) is 117 Å². The Labute approximate surface area is 263 Å². The second kappa shape index (κ2) is 10.3. The molecule has 0 aliphatic carbocycles. The van der Waals surface area contributed by atoms with Crippen LogP contribution in [0.3, 0.4) is 0 Å².